The second-order valence-corrected chi connectivity index (χ2v) is 8.45. The van der Waals surface area contributed by atoms with Crippen molar-refractivity contribution in [2.24, 2.45) is 5.92 Å². The number of aromatic nitrogens is 1. The van der Waals surface area contributed by atoms with Gasteiger partial charge in [0.2, 0.25) is 0 Å². The van der Waals surface area contributed by atoms with E-state index in [-0.39, 0.29) is 23.1 Å². The summed E-state index contributed by atoms with van der Waals surface area (Å²) >= 11 is 3.50. The van der Waals surface area contributed by atoms with E-state index in [1.807, 2.05) is 31.3 Å². The fourth-order valence-electron chi connectivity index (χ4n) is 3.61. The molecule has 2 amide bonds. The fraction of sp³-hybridized carbons (Fsp3) is 0.174. The number of halogens is 2. The molecule has 8 heteroatoms. The molecule has 0 spiro atoms. The summed E-state index contributed by atoms with van der Waals surface area (Å²) in [7, 11) is 0. The minimum atomic E-state index is -0.840. The van der Waals surface area contributed by atoms with Crippen LogP contribution in [0.3, 0.4) is 0 Å². The van der Waals surface area contributed by atoms with Crippen LogP contribution in [0.1, 0.15) is 25.3 Å². The zero-order chi connectivity index (χ0) is 22.3. The molecule has 1 fully saturated rings. The number of fused-ring (bicyclic) bond motifs is 1. The van der Waals surface area contributed by atoms with Gasteiger partial charge in [-0.1, -0.05) is 38.1 Å². The number of alkyl carbamates (subject to hydrolysis) is 1. The summed E-state index contributed by atoms with van der Waals surface area (Å²) in [4.78, 5) is 39.0. The van der Waals surface area contributed by atoms with Crippen molar-refractivity contribution in [3.63, 3.8) is 0 Å². The summed E-state index contributed by atoms with van der Waals surface area (Å²) in [5.41, 5.74) is 1.21. The summed E-state index contributed by atoms with van der Waals surface area (Å²) in [6.07, 6.45) is 0.639. The number of allylic oxidation sites excluding steroid dienone is 1. The highest BCUT2D eigenvalue weighted by molar-refractivity contribution is 9.10. The molecule has 0 aliphatic carbocycles. The lowest BCUT2D eigenvalue weighted by molar-refractivity contribution is -0.116. The molecule has 31 heavy (non-hydrogen) atoms. The Bertz CT molecular complexity index is 1310. The van der Waals surface area contributed by atoms with E-state index in [9.17, 15) is 18.8 Å². The lowest BCUT2D eigenvalue weighted by atomic mass is 9.88. The number of hydrogen-bond donors (Lipinski definition) is 2. The highest BCUT2D eigenvalue weighted by Crippen LogP contribution is 2.33. The van der Waals surface area contributed by atoms with Crippen LogP contribution >= 0.6 is 15.9 Å². The van der Waals surface area contributed by atoms with Crippen LogP contribution in [0.4, 0.5) is 9.18 Å². The van der Waals surface area contributed by atoms with Gasteiger partial charge in [-0.05, 0) is 57.1 Å². The molecule has 2 aromatic carbocycles. The first-order chi connectivity index (χ1) is 14.7. The molecule has 0 bridgehead atoms. The molecule has 1 unspecified atom stereocenters. The van der Waals surface area contributed by atoms with Gasteiger partial charge in [-0.2, -0.15) is 0 Å². The van der Waals surface area contributed by atoms with E-state index < -0.39 is 17.9 Å². The molecule has 1 aliphatic heterocycles. The van der Waals surface area contributed by atoms with Crippen molar-refractivity contribution in [2.75, 3.05) is 0 Å². The lowest BCUT2D eigenvalue weighted by Gasteiger charge is -2.18. The summed E-state index contributed by atoms with van der Waals surface area (Å²) in [6.45, 7) is 3.79. The first kappa shape index (κ1) is 21.0. The van der Waals surface area contributed by atoms with E-state index in [0.29, 0.717) is 26.7 Å². The number of aromatic amines is 1. The van der Waals surface area contributed by atoms with Gasteiger partial charge >= 0.3 is 6.09 Å². The van der Waals surface area contributed by atoms with Crippen molar-refractivity contribution in [3.05, 3.63) is 80.5 Å². The predicted octanol–water partition coefficient (Wildman–Crippen LogP) is 4.99. The molecule has 2 heterocycles. The largest absolute Gasteiger partial charge is 0.419 e. The SMILES string of the molecule is CC(C)C(C=C1OC(=O)NC1=O)c1cc(Br)c(-c2ccc3cccc(F)c3c2)[nH]c1=O. The molecule has 1 saturated heterocycles. The van der Waals surface area contributed by atoms with E-state index in [2.05, 4.69) is 20.9 Å². The molecule has 1 atom stereocenters. The number of cyclic esters (lactones) is 1. The molecule has 1 aliphatic rings. The van der Waals surface area contributed by atoms with Crippen LogP contribution in [-0.4, -0.2) is 17.0 Å². The molecule has 0 radical (unpaired) electrons. The molecular formula is C23H18BrFN2O4. The van der Waals surface area contributed by atoms with Crippen LogP contribution in [-0.2, 0) is 9.53 Å². The highest BCUT2D eigenvalue weighted by atomic mass is 79.9. The smallest absolute Gasteiger partial charge is 0.404 e. The van der Waals surface area contributed by atoms with Gasteiger partial charge in [0, 0.05) is 21.3 Å². The molecule has 3 aromatic rings. The Hall–Kier alpha value is -3.26. The Balaban J connectivity index is 1.79. The standard InChI is InChI=1S/C23H18BrFN2O4/c1-11(2)14(10-19-22(29)27-23(30)31-19)16-9-17(24)20(26-21(16)28)13-7-6-12-4-3-5-18(25)15(12)8-13/h3-11,14H,1-2H3,(H,26,28)(H,27,29,30). The number of ether oxygens (including phenoxy) is 1. The monoisotopic (exact) mass is 484 g/mol. The highest BCUT2D eigenvalue weighted by Gasteiger charge is 2.29. The minimum Gasteiger partial charge on any atom is -0.404 e. The average Bonchev–Trinajstić information content (AvgIpc) is 3.04. The topological polar surface area (TPSA) is 88.3 Å². The third-order valence-electron chi connectivity index (χ3n) is 5.19. The van der Waals surface area contributed by atoms with E-state index >= 15 is 0 Å². The van der Waals surface area contributed by atoms with Crippen LogP contribution in [0.2, 0.25) is 0 Å². The van der Waals surface area contributed by atoms with E-state index in [4.69, 9.17) is 4.74 Å². The van der Waals surface area contributed by atoms with Crippen molar-refractivity contribution in [3.8, 4) is 11.3 Å². The molecule has 158 valence electrons. The first-order valence-corrected chi connectivity index (χ1v) is 10.4. The van der Waals surface area contributed by atoms with Crippen LogP contribution in [0, 0.1) is 11.7 Å². The Morgan fingerprint density at radius 3 is 2.55 bits per heavy atom. The molecule has 0 saturated carbocycles. The van der Waals surface area contributed by atoms with Crippen molar-refractivity contribution < 1.29 is 18.7 Å². The third kappa shape index (κ3) is 4.03. The zero-order valence-corrected chi connectivity index (χ0v) is 18.2. The summed E-state index contributed by atoms with van der Waals surface area (Å²) in [5, 5.41) is 3.26. The zero-order valence-electron chi connectivity index (χ0n) is 16.7. The predicted molar refractivity (Wildman–Crippen MR) is 118 cm³/mol. The summed E-state index contributed by atoms with van der Waals surface area (Å²) in [5.74, 6) is -1.65. The molecule has 1 aromatic heterocycles. The maximum atomic E-state index is 14.2. The molecule has 2 N–H and O–H groups in total. The van der Waals surface area contributed by atoms with Crippen LogP contribution in [0.15, 0.2) is 63.6 Å². The number of carbonyl (C=O) groups excluding carboxylic acids is 2. The van der Waals surface area contributed by atoms with Crippen LogP contribution < -0.4 is 10.9 Å². The van der Waals surface area contributed by atoms with Crippen LogP contribution in [0.5, 0.6) is 0 Å². The van der Waals surface area contributed by atoms with Gasteiger partial charge in [-0.25, -0.2) is 9.18 Å². The second-order valence-electron chi connectivity index (χ2n) is 7.60. The number of rotatable bonds is 4. The number of pyridine rings is 1. The van der Waals surface area contributed by atoms with Crippen LogP contribution in [0.25, 0.3) is 22.0 Å². The maximum absolute atomic E-state index is 14.2. The average molecular weight is 485 g/mol. The van der Waals surface area contributed by atoms with Crippen molar-refractivity contribution >= 4 is 38.7 Å². The van der Waals surface area contributed by atoms with E-state index in [1.54, 1.807) is 24.3 Å². The fourth-order valence-corrected chi connectivity index (χ4v) is 4.18. The van der Waals surface area contributed by atoms with E-state index in [0.717, 1.165) is 5.39 Å². The Labute approximate surface area is 185 Å². The number of amides is 2. The van der Waals surface area contributed by atoms with Gasteiger partial charge in [0.1, 0.15) is 5.82 Å². The number of imide groups is 1. The first-order valence-electron chi connectivity index (χ1n) is 9.61. The third-order valence-corrected chi connectivity index (χ3v) is 5.82. The Kier molecular flexibility index (Phi) is 5.49. The number of nitrogens with one attached hydrogen (secondary N) is 2. The molecular weight excluding hydrogens is 467 g/mol. The maximum Gasteiger partial charge on any atom is 0.419 e. The Morgan fingerprint density at radius 1 is 1.10 bits per heavy atom. The van der Waals surface area contributed by atoms with Crippen molar-refractivity contribution in [2.45, 2.75) is 19.8 Å². The molecule has 6 nitrogen and oxygen atoms in total. The van der Waals surface area contributed by atoms with Gasteiger partial charge in [-0.15, -0.1) is 0 Å². The second kappa shape index (κ2) is 8.11. The number of carbonyl (C=O) groups is 2. The van der Waals surface area contributed by atoms with Gasteiger partial charge in [0.25, 0.3) is 11.5 Å². The Morgan fingerprint density at radius 2 is 1.87 bits per heavy atom. The molecule has 4 rings (SSSR count). The van der Waals surface area contributed by atoms with Gasteiger partial charge in [0.15, 0.2) is 5.76 Å². The number of H-pyrrole nitrogens is 1. The van der Waals surface area contributed by atoms with Gasteiger partial charge < -0.3 is 9.72 Å². The lowest BCUT2D eigenvalue weighted by Crippen LogP contribution is -2.21. The van der Waals surface area contributed by atoms with Crippen molar-refractivity contribution in [1.29, 1.82) is 0 Å². The normalized spacial score (nSPS) is 16.1. The van der Waals surface area contributed by atoms with Gasteiger partial charge in [-0.3, -0.25) is 14.9 Å². The quantitative estimate of drug-likeness (QED) is 0.510. The van der Waals surface area contributed by atoms with E-state index in [1.165, 1.54) is 12.1 Å². The minimum absolute atomic E-state index is 0.0618. The summed E-state index contributed by atoms with van der Waals surface area (Å²) in [6, 6.07) is 11.8. The number of benzene rings is 2. The van der Waals surface area contributed by atoms with Gasteiger partial charge in [0.05, 0.1) is 5.69 Å². The number of hydrogen-bond acceptors (Lipinski definition) is 4. The summed E-state index contributed by atoms with van der Waals surface area (Å²) < 4.78 is 19.7. The van der Waals surface area contributed by atoms with Crippen molar-refractivity contribution in [1.82, 2.24) is 10.3 Å².